The van der Waals surface area contributed by atoms with Crippen molar-refractivity contribution in [1.29, 1.82) is 0 Å². The van der Waals surface area contributed by atoms with Crippen LogP contribution in [-0.2, 0) is 17.0 Å². The quantitative estimate of drug-likeness (QED) is 0.466. The molecular weight excluding hydrogens is 342 g/mol. The van der Waals surface area contributed by atoms with Crippen LogP contribution in [0.2, 0.25) is 0 Å². The molecule has 0 aromatic carbocycles. The first-order chi connectivity index (χ1) is 12.1. The number of rotatable bonds is 7. The molecule has 0 spiro atoms. The number of nitrogens with zero attached hydrogens (tertiary/aromatic N) is 3. The molecule has 0 radical (unpaired) electrons. The van der Waals surface area contributed by atoms with Crippen molar-refractivity contribution < 1.29 is 18.4 Å². The molecule has 0 N–H and O–H groups in total. The van der Waals surface area contributed by atoms with Crippen LogP contribution in [0.15, 0.2) is 44.5 Å². The van der Waals surface area contributed by atoms with Gasteiger partial charge in [0.1, 0.15) is 5.76 Å². The predicted octanol–water partition coefficient (Wildman–Crippen LogP) is 3.87. The maximum Gasteiger partial charge on any atom is 0.373 e. The van der Waals surface area contributed by atoms with Crippen molar-refractivity contribution in [2.24, 2.45) is 5.92 Å². The van der Waals surface area contributed by atoms with E-state index in [1.165, 1.54) is 18.9 Å². The zero-order chi connectivity index (χ0) is 17.8. The minimum absolute atomic E-state index is 0.193. The molecule has 0 saturated heterocycles. The first kappa shape index (κ1) is 17.3. The van der Waals surface area contributed by atoms with Crippen LogP contribution in [0, 0.1) is 5.92 Å². The van der Waals surface area contributed by atoms with Crippen molar-refractivity contribution in [1.82, 2.24) is 14.8 Å². The van der Waals surface area contributed by atoms with Gasteiger partial charge in [0.25, 0.3) is 0 Å². The highest BCUT2D eigenvalue weighted by atomic mass is 32.2. The summed E-state index contributed by atoms with van der Waals surface area (Å²) in [4.78, 5) is 11.5. The van der Waals surface area contributed by atoms with Crippen molar-refractivity contribution in [3.63, 3.8) is 0 Å². The third-order valence-corrected chi connectivity index (χ3v) is 4.39. The Bertz CT molecular complexity index is 836. The molecule has 3 aromatic heterocycles. The zero-order valence-electron chi connectivity index (χ0n) is 14.3. The monoisotopic (exact) mass is 361 g/mol. The van der Waals surface area contributed by atoms with E-state index in [9.17, 15) is 4.79 Å². The van der Waals surface area contributed by atoms with Crippen LogP contribution in [0.1, 0.15) is 30.2 Å². The van der Waals surface area contributed by atoms with Crippen LogP contribution in [0.4, 0.5) is 0 Å². The summed E-state index contributed by atoms with van der Waals surface area (Å²) in [6, 6.07) is 7.06. The normalized spacial score (nSPS) is 11.2. The molecule has 3 rings (SSSR count). The van der Waals surface area contributed by atoms with Gasteiger partial charge < -0.3 is 13.6 Å². The van der Waals surface area contributed by atoms with Crippen LogP contribution in [0.3, 0.4) is 0 Å². The van der Waals surface area contributed by atoms with Gasteiger partial charge in [0, 0.05) is 6.54 Å². The Morgan fingerprint density at radius 2 is 2.16 bits per heavy atom. The second-order valence-corrected chi connectivity index (χ2v) is 6.78. The van der Waals surface area contributed by atoms with E-state index in [1.807, 2.05) is 16.7 Å². The van der Waals surface area contributed by atoms with Crippen LogP contribution < -0.4 is 0 Å². The van der Waals surface area contributed by atoms with Gasteiger partial charge in [0.15, 0.2) is 16.7 Å². The van der Waals surface area contributed by atoms with Gasteiger partial charge in [-0.05, 0) is 30.2 Å². The lowest BCUT2D eigenvalue weighted by Gasteiger charge is -2.11. The number of carbonyl (C=O) groups excluding carboxylic acids is 1. The van der Waals surface area contributed by atoms with E-state index in [0.717, 1.165) is 11.7 Å². The summed E-state index contributed by atoms with van der Waals surface area (Å²) in [5.74, 6) is 2.73. The SMILES string of the molecule is COC(=O)c1ccc(CSc2nnc(-c3ccco3)n2CC(C)C)o1. The summed E-state index contributed by atoms with van der Waals surface area (Å²) in [5.41, 5.74) is 0. The van der Waals surface area contributed by atoms with Crippen LogP contribution in [0.25, 0.3) is 11.6 Å². The zero-order valence-corrected chi connectivity index (χ0v) is 15.1. The standard InChI is InChI=1S/C17H19N3O4S/c1-11(2)9-20-15(13-5-4-8-23-13)18-19-17(20)25-10-12-6-7-14(24-12)16(21)22-3/h4-8,11H,9-10H2,1-3H3. The smallest absolute Gasteiger partial charge is 0.373 e. The molecule has 0 amide bonds. The van der Waals surface area contributed by atoms with E-state index >= 15 is 0 Å². The largest absolute Gasteiger partial charge is 0.463 e. The molecule has 0 saturated carbocycles. The lowest BCUT2D eigenvalue weighted by molar-refractivity contribution is 0.0563. The minimum atomic E-state index is -0.487. The predicted molar refractivity (Wildman–Crippen MR) is 92.2 cm³/mol. The van der Waals surface area contributed by atoms with Gasteiger partial charge in [-0.2, -0.15) is 0 Å². The molecule has 0 atom stereocenters. The van der Waals surface area contributed by atoms with E-state index in [2.05, 4.69) is 28.8 Å². The fourth-order valence-corrected chi connectivity index (χ4v) is 3.16. The van der Waals surface area contributed by atoms with Gasteiger partial charge in [-0.15, -0.1) is 10.2 Å². The number of aromatic nitrogens is 3. The molecule has 8 heteroatoms. The molecule has 0 aliphatic heterocycles. The maximum atomic E-state index is 11.5. The van der Waals surface area contributed by atoms with Gasteiger partial charge >= 0.3 is 5.97 Å². The molecule has 0 bridgehead atoms. The number of furan rings is 2. The molecule has 3 heterocycles. The Morgan fingerprint density at radius 3 is 2.84 bits per heavy atom. The Morgan fingerprint density at radius 1 is 1.32 bits per heavy atom. The molecular formula is C17H19N3O4S. The van der Waals surface area contributed by atoms with E-state index in [1.54, 1.807) is 18.4 Å². The molecule has 132 valence electrons. The van der Waals surface area contributed by atoms with Gasteiger partial charge in [-0.25, -0.2) is 4.79 Å². The summed E-state index contributed by atoms with van der Waals surface area (Å²) < 4.78 is 17.6. The van der Waals surface area contributed by atoms with Gasteiger partial charge in [-0.3, -0.25) is 4.57 Å². The number of hydrogen-bond donors (Lipinski definition) is 0. The van der Waals surface area contributed by atoms with Crippen molar-refractivity contribution in [2.45, 2.75) is 31.3 Å². The Kier molecular flexibility index (Phi) is 5.28. The molecule has 3 aromatic rings. The topological polar surface area (TPSA) is 83.3 Å². The van der Waals surface area contributed by atoms with Gasteiger partial charge in [-0.1, -0.05) is 25.6 Å². The first-order valence-corrected chi connectivity index (χ1v) is 8.84. The molecule has 0 unspecified atom stereocenters. The lowest BCUT2D eigenvalue weighted by Crippen LogP contribution is -2.07. The highest BCUT2D eigenvalue weighted by Gasteiger charge is 2.18. The van der Waals surface area contributed by atoms with Gasteiger partial charge in [0.2, 0.25) is 5.76 Å². The summed E-state index contributed by atoms with van der Waals surface area (Å²) in [5, 5.41) is 9.32. The number of hydrogen-bond acceptors (Lipinski definition) is 7. The fourth-order valence-electron chi connectivity index (χ4n) is 2.31. The molecule has 0 aliphatic rings. The molecule has 7 nitrogen and oxygen atoms in total. The van der Waals surface area contributed by atoms with Crippen molar-refractivity contribution in [3.05, 3.63) is 42.0 Å². The highest BCUT2D eigenvalue weighted by Crippen LogP contribution is 2.28. The highest BCUT2D eigenvalue weighted by molar-refractivity contribution is 7.98. The summed E-state index contributed by atoms with van der Waals surface area (Å²) in [6.07, 6.45) is 1.62. The van der Waals surface area contributed by atoms with E-state index in [0.29, 0.717) is 29.0 Å². The van der Waals surface area contributed by atoms with Crippen LogP contribution in [0.5, 0.6) is 0 Å². The average molecular weight is 361 g/mol. The van der Waals surface area contributed by atoms with E-state index < -0.39 is 5.97 Å². The van der Waals surface area contributed by atoms with Gasteiger partial charge in [0.05, 0.1) is 19.1 Å². The lowest BCUT2D eigenvalue weighted by atomic mass is 10.2. The summed E-state index contributed by atoms with van der Waals surface area (Å²) in [7, 11) is 1.32. The van der Waals surface area contributed by atoms with Crippen molar-refractivity contribution >= 4 is 17.7 Å². The second-order valence-electron chi connectivity index (χ2n) is 5.83. The number of thioether (sulfide) groups is 1. The fraction of sp³-hybridized carbons (Fsp3) is 0.353. The average Bonchev–Trinajstić information content (AvgIpc) is 3.32. The van der Waals surface area contributed by atoms with E-state index in [4.69, 9.17) is 8.83 Å². The number of esters is 1. The molecule has 0 fully saturated rings. The number of carbonyl (C=O) groups is 1. The summed E-state index contributed by atoms with van der Waals surface area (Å²) >= 11 is 1.49. The van der Waals surface area contributed by atoms with E-state index in [-0.39, 0.29) is 5.76 Å². The number of ether oxygens (including phenoxy) is 1. The van der Waals surface area contributed by atoms with Crippen molar-refractivity contribution in [3.8, 4) is 11.6 Å². The maximum absolute atomic E-state index is 11.5. The van der Waals surface area contributed by atoms with Crippen molar-refractivity contribution in [2.75, 3.05) is 7.11 Å². The minimum Gasteiger partial charge on any atom is -0.463 e. The molecule has 25 heavy (non-hydrogen) atoms. The van der Waals surface area contributed by atoms with Crippen LogP contribution >= 0.6 is 11.8 Å². The number of methoxy groups -OCH3 is 1. The third-order valence-electron chi connectivity index (χ3n) is 3.40. The molecule has 0 aliphatic carbocycles. The Balaban J connectivity index is 1.78. The summed E-state index contributed by atoms with van der Waals surface area (Å²) in [6.45, 7) is 5.04. The third kappa shape index (κ3) is 3.96. The van der Waals surface area contributed by atoms with Crippen LogP contribution in [-0.4, -0.2) is 27.8 Å². The first-order valence-electron chi connectivity index (χ1n) is 7.85. The Hall–Kier alpha value is -2.48. The Labute approximate surface area is 149 Å². The second kappa shape index (κ2) is 7.60.